The largest absolute Gasteiger partial charge is 0.372 e. The van der Waals surface area contributed by atoms with Gasteiger partial charge in [-0.1, -0.05) is 30.3 Å². The van der Waals surface area contributed by atoms with Crippen molar-refractivity contribution in [3.8, 4) is 6.07 Å². The van der Waals surface area contributed by atoms with Gasteiger partial charge in [-0.2, -0.15) is 5.26 Å². The van der Waals surface area contributed by atoms with Gasteiger partial charge in [0.05, 0.1) is 0 Å². The number of hydrogen-bond donors (Lipinski definition) is 0. The van der Waals surface area contributed by atoms with E-state index >= 15 is 0 Å². The van der Waals surface area contributed by atoms with Gasteiger partial charge in [-0.3, -0.25) is 4.79 Å². The maximum Gasteiger partial charge on any atom is 0.266 e. The van der Waals surface area contributed by atoms with Crippen LogP contribution in [0.4, 0.5) is 0 Å². The molecule has 0 aliphatic heterocycles. The second kappa shape index (κ2) is 8.54. The van der Waals surface area contributed by atoms with E-state index in [0.29, 0.717) is 6.54 Å². The molecule has 0 aromatic heterocycles. The van der Waals surface area contributed by atoms with Crippen LogP contribution in [0.3, 0.4) is 0 Å². The highest BCUT2D eigenvalue weighted by Gasteiger charge is 2.24. The molecular formula is C20H29N3O. The molecule has 130 valence electrons. The van der Waals surface area contributed by atoms with Crippen LogP contribution in [-0.2, 0) is 11.3 Å². The average molecular weight is 327 g/mol. The Hall–Kier alpha value is -2.28. The fourth-order valence-corrected chi connectivity index (χ4v) is 2.47. The lowest BCUT2D eigenvalue weighted by Gasteiger charge is -2.34. The van der Waals surface area contributed by atoms with Crippen LogP contribution >= 0.6 is 0 Å². The SMILES string of the molecule is CCN(/C=C(/C#N)C(=O)N(Cc1ccccc1)C(C)C)C(C)(C)C. The van der Waals surface area contributed by atoms with Crippen LogP contribution < -0.4 is 0 Å². The number of rotatable bonds is 6. The molecule has 1 amide bonds. The van der Waals surface area contributed by atoms with E-state index in [2.05, 4.69) is 26.8 Å². The standard InChI is InChI=1S/C20H29N3O/c1-7-22(20(4,5)6)15-18(13-21)19(24)23(16(2)3)14-17-11-9-8-10-12-17/h8-12,15-16H,7,14H2,1-6H3/b18-15-. The van der Waals surface area contributed by atoms with E-state index < -0.39 is 0 Å². The summed E-state index contributed by atoms with van der Waals surface area (Å²) in [7, 11) is 0. The highest BCUT2D eigenvalue weighted by atomic mass is 16.2. The monoisotopic (exact) mass is 327 g/mol. The van der Waals surface area contributed by atoms with E-state index in [9.17, 15) is 10.1 Å². The number of benzene rings is 1. The lowest BCUT2D eigenvalue weighted by Crippen LogP contribution is -2.40. The first-order valence-corrected chi connectivity index (χ1v) is 8.44. The third kappa shape index (κ3) is 5.42. The minimum atomic E-state index is -0.223. The van der Waals surface area contributed by atoms with Crippen molar-refractivity contribution in [1.29, 1.82) is 5.26 Å². The predicted molar refractivity (Wildman–Crippen MR) is 98.0 cm³/mol. The average Bonchev–Trinajstić information content (AvgIpc) is 2.52. The summed E-state index contributed by atoms with van der Waals surface area (Å²) in [6.07, 6.45) is 1.70. The Morgan fingerprint density at radius 3 is 2.25 bits per heavy atom. The van der Waals surface area contributed by atoms with Gasteiger partial charge >= 0.3 is 0 Å². The summed E-state index contributed by atoms with van der Waals surface area (Å²) in [4.78, 5) is 16.7. The van der Waals surface area contributed by atoms with Gasteiger partial charge in [0.15, 0.2) is 0 Å². The van der Waals surface area contributed by atoms with Crippen molar-refractivity contribution in [3.05, 3.63) is 47.7 Å². The van der Waals surface area contributed by atoms with Crippen molar-refractivity contribution in [3.63, 3.8) is 0 Å². The Kier molecular flexibility index (Phi) is 7.03. The van der Waals surface area contributed by atoms with Crippen molar-refractivity contribution >= 4 is 5.91 Å². The van der Waals surface area contributed by atoms with E-state index in [1.54, 1.807) is 11.1 Å². The van der Waals surface area contributed by atoms with Crippen molar-refractivity contribution < 1.29 is 4.79 Å². The molecule has 1 aromatic rings. The third-order valence-corrected chi connectivity index (χ3v) is 3.92. The number of hydrogen-bond acceptors (Lipinski definition) is 3. The van der Waals surface area contributed by atoms with Crippen LogP contribution in [0.15, 0.2) is 42.1 Å². The van der Waals surface area contributed by atoms with E-state index in [4.69, 9.17) is 0 Å². The normalized spacial score (nSPS) is 12.0. The Bertz CT molecular complexity index is 606. The van der Waals surface area contributed by atoms with Gasteiger partial charge in [0, 0.05) is 30.9 Å². The second-order valence-electron chi connectivity index (χ2n) is 7.12. The molecule has 1 rings (SSSR count). The zero-order valence-corrected chi connectivity index (χ0v) is 15.7. The summed E-state index contributed by atoms with van der Waals surface area (Å²) in [6.45, 7) is 13.4. The lowest BCUT2D eigenvalue weighted by atomic mass is 10.1. The Balaban J connectivity index is 3.09. The summed E-state index contributed by atoms with van der Waals surface area (Å²) in [5.74, 6) is -0.223. The summed E-state index contributed by atoms with van der Waals surface area (Å²) >= 11 is 0. The highest BCUT2D eigenvalue weighted by molar-refractivity contribution is 5.97. The fraction of sp³-hybridized carbons (Fsp3) is 0.500. The molecule has 0 N–H and O–H groups in total. The molecule has 4 nitrogen and oxygen atoms in total. The Morgan fingerprint density at radius 1 is 1.25 bits per heavy atom. The molecule has 0 saturated heterocycles. The van der Waals surface area contributed by atoms with Crippen LogP contribution in [-0.4, -0.2) is 33.8 Å². The van der Waals surface area contributed by atoms with Gasteiger partial charge in [-0.25, -0.2) is 0 Å². The maximum absolute atomic E-state index is 12.9. The molecule has 0 atom stereocenters. The first-order valence-electron chi connectivity index (χ1n) is 8.44. The lowest BCUT2D eigenvalue weighted by molar-refractivity contribution is -0.129. The smallest absolute Gasteiger partial charge is 0.266 e. The molecule has 1 aromatic carbocycles. The summed E-state index contributed by atoms with van der Waals surface area (Å²) in [5, 5.41) is 9.51. The zero-order chi connectivity index (χ0) is 18.3. The Morgan fingerprint density at radius 2 is 1.83 bits per heavy atom. The van der Waals surface area contributed by atoms with E-state index in [1.165, 1.54) is 0 Å². The third-order valence-electron chi connectivity index (χ3n) is 3.92. The highest BCUT2D eigenvalue weighted by Crippen LogP contribution is 2.17. The number of carbonyl (C=O) groups excluding carboxylic acids is 1. The molecule has 4 heteroatoms. The molecule has 0 heterocycles. The van der Waals surface area contributed by atoms with Gasteiger partial charge in [-0.15, -0.1) is 0 Å². The van der Waals surface area contributed by atoms with Crippen LogP contribution in [0.5, 0.6) is 0 Å². The van der Waals surface area contributed by atoms with Gasteiger partial charge in [0.2, 0.25) is 0 Å². The molecule has 0 aliphatic carbocycles. The summed E-state index contributed by atoms with van der Waals surface area (Å²) in [6, 6.07) is 11.9. The van der Waals surface area contributed by atoms with Gasteiger partial charge in [0.1, 0.15) is 11.6 Å². The molecule has 0 spiro atoms. The van der Waals surface area contributed by atoms with E-state index in [1.807, 2.05) is 56.0 Å². The van der Waals surface area contributed by atoms with Crippen molar-refractivity contribution in [2.75, 3.05) is 6.54 Å². The Labute approximate surface area is 146 Å². The molecule has 0 radical (unpaired) electrons. The fourth-order valence-electron chi connectivity index (χ4n) is 2.47. The molecule has 24 heavy (non-hydrogen) atoms. The van der Waals surface area contributed by atoms with E-state index in [-0.39, 0.29) is 23.1 Å². The first-order chi connectivity index (χ1) is 11.2. The molecule has 0 bridgehead atoms. The van der Waals surface area contributed by atoms with Crippen LogP contribution in [0.2, 0.25) is 0 Å². The van der Waals surface area contributed by atoms with Gasteiger partial charge in [0.25, 0.3) is 5.91 Å². The minimum Gasteiger partial charge on any atom is -0.372 e. The van der Waals surface area contributed by atoms with Gasteiger partial charge in [-0.05, 0) is 47.1 Å². The van der Waals surface area contributed by atoms with Crippen LogP contribution in [0.1, 0.15) is 47.1 Å². The van der Waals surface area contributed by atoms with Crippen LogP contribution in [0, 0.1) is 11.3 Å². The van der Waals surface area contributed by atoms with Crippen molar-refractivity contribution in [2.24, 2.45) is 0 Å². The molecular weight excluding hydrogens is 298 g/mol. The quantitative estimate of drug-likeness (QED) is 0.587. The minimum absolute atomic E-state index is 0.0131. The maximum atomic E-state index is 12.9. The molecule has 0 saturated carbocycles. The predicted octanol–water partition coefficient (Wildman–Crippen LogP) is 3.95. The van der Waals surface area contributed by atoms with Crippen molar-refractivity contribution in [1.82, 2.24) is 9.80 Å². The number of amides is 1. The van der Waals surface area contributed by atoms with Crippen LogP contribution in [0.25, 0.3) is 0 Å². The number of nitriles is 1. The summed E-state index contributed by atoms with van der Waals surface area (Å²) < 4.78 is 0. The first kappa shape index (κ1) is 19.8. The second-order valence-corrected chi connectivity index (χ2v) is 7.12. The topological polar surface area (TPSA) is 47.3 Å². The summed E-state index contributed by atoms with van der Waals surface area (Å²) in [5.41, 5.74) is 1.09. The number of nitrogens with zero attached hydrogens (tertiary/aromatic N) is 3. The van der Waals surface area contributed by atoms with E-state index in [0.717, 1.165) is 12.1 Å². The molecule has 0 aliphatic rings. The molecule has 0 fully saturated rings. The number of carbonyl (C=O) groups is 1. The zero-order valence-electron chi connectivity index (χ0n) is 15.7. The van der Waals surface area contributed by atoms with Gasteiger partial charge < -0.3 is 9.80 Å². The van der Waals surface area contributed by atoms with Crippen molar-refractivity contribution in [2.45, 2.75) is 59.7 Å². The molecule has 0 unspecified atom stereocenters.